The third kappa shape index (κ3) is 4.59. The molecule has 2 aromatic rings. The summed E-state index contributed by atoms with van der Waals surface area (Å²) in [6.45, 7) is 6.46. The summed E-state index contributed by atoms with van der Waals surface area (Å²) in [5.41, 5.74) is 0.936. The van der Waals surface area contributed by atoms with E-state index in [1.807, 2.05) is 17.9 Å². The van der Waals surface area contributed by atoms with Crippen LogP contribution in [0.25, 0.3) is 10.2 Å². The Morgan fingerprint density at radius 2 is 1.82 bits per heavy atom. The maximum Gasteiger partial charge on any atom is 0.271 e. The molecule has 7 heteroatoms. The Bertz CT molecular complexity index is 984. The summed E-state index contributed by atoms with van der Waals surface area (Å²) in [7, 11) is 0. The fourth-order valence-corrected chi connectivity index (χ4v) is 6.85. The van der Waals surface area contributed by atoms with Crippen LogP contribution in [0.1, 0.15) is 81.6 Å². The largest absolute Gasteiger partial charge is 0.351 e. The third-order valence-corrected chi connectivity index (χ3v) is 8.89. The van der Waals surface area contributed by atoms with Crippen LogP contribution >= 0.6 is 11.3 Å². The zero-order valence-corrected chi connectivity index (χ0v) is 20.8. The topological polar surface area (TPSA) is 57.6 Å². The minimum Gasteiger partial charge on any atom is -0.351 e. The molecule has 0 spiro atoms. The number of aromatic nitrogens is 1. The van der Waals surface area contributed by atoms with E-state index in [4.69, 9.17) is 0 Å². The first-order valence-corrected chi connectivity index (χ1v) is 13.9. The highest BCUT2D eigenvalue weighted by molar-refractivity contribution is 7.17. The Balaban J connectivity index is 1.38. The SMILES string of the molecule is CC1(C(=O)NC2CCCCCC2)Cn2c(cc3sccc32)C(=O)N1CCCN1CCCCC1. The van der Waals surface area contributed by atoms with Crippen LogP contribution in [0, 0.1) is 0 Å². The number of carbonyl (C=O) groups excluding carboxylic acids is 2. The van der Waals surface area contributed by atoms with Gasteiger partial charge < -0.3 is 19.7 Å². The van der Waals surface area contributed by atoms with Gasteiger partial charge in [-0.1, -0.05) is 32.1 Å². The highest BCUT2D eigenvalue weighted by Gasteiger charge is 2.48. The van der Waals surface area contributed by atoms with Crippen LogP contribution in [0.4, 0.5) is 0 Å². The fraction of sp³-hybridized carbons (Fsp3) is 0.692. The molecule has 180 valence electrons. The molecule has 2 fully saturated rings. The van der Waals surface area contributed by atoms with Crippen molar-refractivity contribution in [2.24, 2.45) is 0 Å². The number of nitrogens with one attached hydrogen (secondary N) is 1. The molecular weight excluding hydrogens is 432 g/mol. The van der Waals surface area contributed by atoms with Crippen LogP contribution < -0.4 is 5.32 Å². The van der Waals surface area contributed by atoms with Crippen molar-refractivity contribution in [3.63, 3.8) is 0 Å². The van der Waals surface area contributed by atoms with E-state index in [0.717, 1.165) is 54.8 Å². The molecule has 1 saturated heterocycles. The quantitative estimate of drug-likeness (QED) is 0.626. The lowest BCUT2D eigenvalue weighted by Gasteiger charge is -2.45. The van der Waals surface area contributed by atoms with Gasteiger partial charge in [0.1, 0.15) is 11.2 Å². The standard InChI is InChI=1S/C26H38N4O2S/c1-26(25(32)27-20-10-5-2-3-6-11-20)19-29-21-12-17-33-23(21)18-22(29)24(31)30(26)16-9-15-28-13-7-4-8-14-28/h12,17-18,20H,2-11,13-16,19H2,1H3,(H,27,32). The van der Waals surface area contributed by atoms with Gasteiger partial charge in [-0.05, 0) is 76.2 Å². The molecule has 0 aromatic carbocycles. The molecule has 2 amide bonds. The van der Waals surface area contributed by atoms with Crippen LogP contribution in [0.15, 0.2) is 17.5 Å². The van der Waals surface area contributed by atoms with Crippen molar-refractivity contribution in [3.05, 3.63) is 23.2 Å². The number of amides is 2. The van der Waals surface area contributed by atoms with Crippen molar-refractivity contribution >= 4 is 33.4 Å². The van der Waals surface area contributed by atoms with Gasteiger partial charge in [-0.15, -0.1) is 11.3 Å². The van der Waals surface area contributed by atoms with Crippen LogP contribution in [-0.4, -0.2) is 63.9 Å². The number of fused-ring (bicyclic) bond motifs is 3. The van der Waals surface area contributed by atoms with Crippen molar-refractivity contribution in [1.82, 2.24) is 19.7 Å². The Labute approximate surface area is 201 Å². The lowest BCUT2D eigenvalue weighted by atomic mass is 9.93. The summed E-state index contributed by atoms with van der Waals surface area (Å²) >= 11 is 1.66. The molecular formula is C26H38N4O2S. The predicted octanol–water partition coefficient (Wildman–Crippen LogP) is 4.63. The molecule has 3 aliphatic rings. The number of rotatable bonds is 6. The number of likely N-dealkylation sites (tertiary alicyclic amines) is 1. The monoisotopic (exact) mass is 470 g/mol. The van der Waals surface area contributed by atoms with E-state index in [1.54, 1.807) is 11.3 Å². The number of hydrogen-bond acceptors (Lipinski definition) is 4. The van der Waals surface area contributed by atoms with Crippen LogP contribution in [0.2, 0.25) is 0 Å². The Morgan fingerprint density at radius 1 is 1.09 bits per heavy atom. The summed E-state index contributed by atoms with van der Waals surface area (Å²) in [5.74, 6) is 0.0188. The van der Waals surface area contributed by atoms with Gasteiger partial charge in [0.15, 0.2) is 0 Å². The van der Waals surface area contributed by atoms with Crippen LogP contribution in [-0.2, 0) is 11.3 Å². The molecule has 0 radical (unpaired) electrons. The maximum absolute atomic E-state index is 13.8. The van der Waals surface area contributed by atoms with Crippen molar-refractivity contribution in [2.75, 3.05) is 26.2 Å². The zero-order chi connectivity index (χ0) is 22.8. The second kappa shape index (κ2) is 9.79. The summed E-state index contributed by atoms with van der Waals surface area (Å²) in [4.78, 5) is 32.0. The number of carbonyl (C=O) groups is 2. The number of hydrogen-bond donors (Lipinski definition) is 1. The van der Waals surface area contributed by atoms with E-state index in [9.17, 15) is 9.59 Å². The predicted molar refractivity (Wildman–Crippen MR) is 134 cm³/mol. The maximum atomic E-state index is 13.8. The molecule has 6 nitrogen and oxygen atoms in total. The molecule has 5 rings (SSSR count). The summed E-state index contributed by atoms with van der Waals surface area (Å²) < 4.78 is 3.21. The Hall–Kier alpha value is -1.86. The molecule has 33 heavy (non-hydrogen) atoms. The van der Waals surface area contributed by atoms with E-state index in [1.165, 1.54) is 44.9 Å². The highest BCUT2D eigenvalue weighted by Crippen LogP contribution is 2.35. The average molecular weight is 471 g/mol. The average Bonchev–Trinajstić information content (AvgIpc) is 3.31. The van der Waals surface area contributed by atoms with Crippen molar-refractivity contribution in [2.45, 2.75) is 89.3 Å². The van der Waals surface area contributed by atoms with Gasteiger partial charge in [-0.3, -0.25) is 9.59 Å². The summed E-state index contributed by atoms with van der Waals surface area (Å²) in [5, 5.41) is 5.44. The summed E-state index contributed by atoms with van der Waals surface area (Å²) in [6, 6.07) is 4.32. The van der Waals surface area contributed by atoms with Gasteiger partial charge in [0.05, 0.1) is 16.8 Å². The van der Waals surface area contributed by atoms with Gasteiger partial charge in [-0.25, -0.2) is 0 Å². The van der Waals surface area contributed by atoms with Gasteiger partial charge in [0.2, 0.25) is 5.91 Å². The van der Waals surface area contributed by atoms with Crippen LogP contribution in [0.3, 0.4) is 0 Å². The minimum absolute atomic E-state index is 0.00168. The first-order valence-electron chi connectivity index (χ1n) is 13.0. The third-order valence-electron chi connectivity index (χ3n) is 8.03. The van der Waals surface area contributed by atoms with Gasteiger partial charge in [-0.2, -0.15) is 0 Å². The highest BCUT2D eigenvalue weighted by atomic mass is 32.1. The van der Waals surface area contributed by atoms with E-state index in [-0.39, 0.29) is 17.9 Å². The molecule has 1 aliphatic carbocycles. The molecule has 2 aromatic heterocycles. The van der Waals surface area contributed by atoms with E-state index in [2.05, 4.69) is 26.2 Å². The van der Waals surface area contributed by atoms with Crippen molar-refractivity contribution in [1.29, 1.82) is 0 Å². The molecule has 1 unspecified atom stereocenters. The number of piperidine rings is 1. The number of thiophene rings is 1. The minimum atomic E-state index is -0.869. The molecule has 4 heterocycles. The molecule has 1 saturated carbocycles. The lowest BCUT2D eigenvalue weighted by Crippen LogP contribution is -2.65. The molecule has 1 N–H and O–H groups in total. The Kier molecular flexibility index (Phi) is 6.79. The van der Waals surface area contributed by atoms with Crippen molar-refractivity contribution < 1.29 is 9.59 Å². The fourth-order valence-electron chi connectivity index (χ4n) is 6.02. The molecule has 2 aliphatic heterocycles. The van der Waals surface area contributed by atoms with Gasteiger partial charge in [0, 0.05) is 12.6 Å². The molecule has 1 atom stereocenters. The number of nitrogens with zero attached hydrogens (tertiary/aromatic N) is 3. The molecule has 0 bridgehead atoms. The van der Waals surface area contributed by atoms with E-state index < -0.39 is 5.54 Å². The lowest BCUT2D eigenvalue weighted by molar-refractivity contribution is -0.133. The van der Waals surface area contributed by atoms with Gasteiger partial charge >= 0.3 is 0 Å². The van der Waals surface area contributed by atoms with Crippen molar-refractivity contribution in [3.8, 4) is 0 Å². The van der Waals surface area contributed by atoms with E-state index in [0.29, 0.717) is 13.1 Å². The Morgan fingerprint density at radius 3 is 2.58 bits per heavy atom. The van der Waals surface area contributed by atoms with E-state index >= 15 is 0 Å². The first kappa shape index (κ1) is 22.9. The first-order chi connectivity index (χ1) is 16.1. The smallest absolute Gasteiger partial charge is 0.271 e. The second-order valence-electron chi connectivity index (χ2n) is 10.4. The van der Waals surface area contributed by atoms with Gasteiger partial charge in [0.25, 0.3) is 5.91 Å². The second-order valence-corrected chi connectivity index (χ2v) is 11.4. The van der Waals surface area contributed by atoms with Crippen LogP contribution in [0.5, 0.6) is 0 Å². The zero-order valence-electron chi connectivity index (χ0n) is 20.0. The summed E-state index contributed by atoms with van der Waals surface area (Å²) in [6.07, 6.45) is 11.8. The normalized spacial score (nSPS) is 25.2.